The number of para-hydroxylation sites is 1. The second kappa shape index (κ2) is 8.04. The van der Waals surface area contributed by atoms with Crippen LogP contribution in [0, 0.1) is 0 Å². The molecule has 8 heteroatoms. The van der Waals surface area contributed by atoms with Crippen LogP contribution >= 0.6 is 0 Å². The summed E-state index contributed by atoms with van der Waals surface area (Å²) in [6.45, 7) is 1.47. The van der Waals surface area contributed by atoms with Crippen molar-refractivity contribution in [1.82, 2.24) is 5.32 Å². The Morgan fingerprint density at radius 3 is 2.86 bits per heavy atom. The van der Waals surface area contributed by atoms with Gasteiger partial charge in [-0.3, -0.25) is 9.10 Å². The molecule has 1 N–H and O–H groups in total. The molecule has 0 unspecified atom stereocenters. The van der Waals surface area contributed by atoms with Crippen LogP contribution in [0.15, 0.2) is 47.4 Å². The number of carbonyl (C=O) groups is 1. The number of rotatable bonds is 6. The first kappa shape index (κ1) is 19.7. The van der Waals surface area contributed by atoms with Gasteiger partial charge < -0.3 is 14.8 Å². The number of nitrogens with one attached hydrogen (secondary N) is 1. The van der Waals surface area contributed by atoms with Crippen LogP contribution in [-0.4, -0.2) is 47.2 Å². The van der Waals surface area contributed by atoms with E-state index < -0.39 is 10.0 Å². The van der Waals surface area contributed by atoms with Crippen LogP contribution in [0.5, 0.6) is 5.75 Å². The first-order chi connectivity index (χ1) is 14.0. The monoisotopic (exact) mass is 416 g/mol. The van der Waals surface area contributed by atoms with E-state index in [0.717, 1.165) is 18.4 Å². The summed E-state index contributed by atoms with van der Waals surface area (Å²) in [7, 11) is -2.34. The number of hydrogen-bond donors (Lipinski definition) is 1. The Bertz CT molecular complexity index is 1020. The van der Waals surface area contributed by atoms with Gasteiger partial charge in [-0.15, -0.1) is 0 Å². The fourth-order valence-electron chi connectivity index (χ4n) is 3.82. The highest BCUT2D eigenvalue weighted by molar-refractivity contribution is 7.92. The SMILES string of the molecule is COc1ccc(S(=O)(=O)N2CCc3ccccc32)cc1C(=O)NC[C@H]1CCCO1. The predicted octanol–water partition coefficient (Wildman–Crippen LogP) is 2.36. The summed E-state index contributed by atoms with van der Waals surface area (Å²) in [6, 6.07) is 11.9. The minimum absolute atomic E-state index is 0.00189. The van der Waals surface area contributed by atoms with Gasteiger partial charge in [0.15, 0.2) is 0 Å². The average Bonchev–Trinajstić information content (AvgIpc) is 3.41. The van der Waals surface area contributed by atoms with Crippen LogP contribution in [0.3, 0.4) is 0 Å². The van der Waals surface area contributed by atoms with Crippen molar-refractivity contribution >= 4 is 21.6 Å². The first-order valence-electron chi connectivity index (χ1n) is 9.69. The van der Waals surface area contributed by atoms with Gasteiger partial charge in [0, 0.05) is 19.7 Å². The lowest BCUT2D eigenvalue weighted by Gasteiger charge is -2.20. The number of sulfonamides is 1. The Morgan fingerprint density at radius 2 is 2.10 bits per heavy atom. The number of nitrogens with zero attached hydrogens (tertiary/aromatic N) is 1. The molecule has 1 atom stereocenters. The summed E-state index contributed by atoms with van der Waals surface area (Å²) < 4.78 is 38.8. The van der Waals surface area contributed by atoms with Crippen molar-refractivity contribution in [2.24, 2.45) is 0 Å². The molecular formula is C21H24N2O5S. The van der Waals surface area contributed by atoms with Crippen molar-refractivity contribution in [2.45, 2.75) is 30.3 Å². The van der Waals surface area contributed by atoms with E-state index in [0.29, 0.717) is 37.6 Å². The van der Waals surface area contributed by atoms with E-state index in [4.69, 9.17) is 9.47 Å². The number of anilines is 1. The lowest BCUT2D eigenvalue weighted by molar-refractivity contribution is 0.0855. The van der Waals surface area contributed by atoms with Gasteiger partial charge >= 0.3 is 0 Å². The fraction of sp³-hybridized carbons (Fsp3) is 0.381. The molecule has 7 nitrogen and oxygen atoms in total. The second-order valence-electron chi connectivity index (χ2n) is 7.16. The predicted molar refractivity (Wildman–Crippen MR) is 109 cm³/mol. The number of hydrogen-bond acceptors (Lipinski definition) is 5. The minimum Gasteiger partial charge on any atom is -0.496 e. The van der Waals surface area contributed by atoms with Crippen molar-refractivity contribution in [2.75, 3.05) is 31.1 Å². The summed E-state index contributed by atoms with van der Waals surface area (Å²) in [5, 5.41) is 2.83. The molecule has 1 saturated heterocycles. The van der Waals surface area contributed by atoms with Crippen molar-refractivity contribution < 1.29 is 22.7 Å². The lowest BCUT2D eigenvalue weighted by Crippen LogP contribution is -2.32. The number of fused-ring (bicyclic) bond motifs is 1. The highest BCUT2D eigenvalue weighted by Gasteiger charge is 2.31. The normalized spacial score (nSPS) is 18.5. The molecule has 1 fully saturated rings. The highest BCUT2D eigenvalue weighted by atomic mass is 32.2. The summed E-state index contributed by atoms with van der Waals surface area (Å²) in [4.78, 5) is 12.8. The van der Waals surface area contributed by atoms with Crippen molar-refractivity contribution in [3.63, 3.8) is 0 Å². The zero-order chi connectivity index (χ0) is 20.4. The molecule has 2 aliphatic heterocycles. The third-order valence-corrected chi connectivity index (χ3v) is 7.17. The number of methoxy groups -OCH3 is 1. The zero-order valence-electron chi connectivity index (χ0n) is 16.3. The van der Waals surface area contributed by atoms with Crippen LogP contribution in [0.2, 0.25) is 0 Å². The Hall–Kier alpha value is -2.58. The second-order valence-corrected chi connectivity index (χ2v) is 9.03. The molecule has 0 bridgehead atoms. The van der Waals surface area contributed by atoms with Gasteiger partial charge in [-0.1, -0.05) is 18.2 Å². The first-order valence-corrected chi connectivity index (χ1v) is 11.1. The van der Waals surface area contributed by atoms with Crippen molar-refractivity contribution in [3.8, 4) is 5.75 Å². The zero-order valence-corrected chi connectivity index (χ0v) is 17.1. The van der Waals surface area contributed by atoms with E-state index in [1.165, 1.54) is 29.6 Å². The van der Waals surface area contributed by atoms with Crippen LogP contribution in [-0.2, 0) is 21.2 Å². The number of benzene rings is 2. The molecule has 2 aliphatic rings. The van der Waals surface area contributed by atoms with Crippen LogP contribution in [0.4, 0.5) is 5.69 Å². The summed E-state index contributed by atoms with van der Waals surface area (Å²) >= 11 is 0. The van der Waals surface area contributed by atoms with Crippen LogP contribution in [0.25, 0.3) is 0 Å². The van der Waals surface area contributed by atoms with Gasteiger partial charge in [-0.05, 0) is 49.1 Å². The standard InChI is InChI=1S/C21H24N2O5S/c1-27-20-9-8-17(13-18(20)21(24)22-14-16-6-4-12-28-16)29(25,26)23-11-10-15-5-2-3-7-19(15)23/h2-3,5,7-9,13,16H,4,6,10-12,14H2,1H3,(H,22,24)/t16-/m1/s1. The van der Waals surface area contributed by atoms with E-state index >= 15 is 0 Å². The van der Waals surface area contributed by atoms with E-state index in [1.54, 1.807) is 6.07 Å². The van der Waals surface area contributed by atoms with E-state index in [-0.39, 0.29) is 22.5 Å². The Morgan fingerprint density at radius 1 is 1.28 bits per heavy atom. The van der Waals surface area contributed by atoms with Gasteiger partial charge in [0.2, 0.25) is 0 Å². The van der Waals surface area contributed by atoms with Gasteiger partial charge in [0.05, 0.1) is 29.4 Å². The van der Waals surface area contributed by atoms with Crippen molar-refractivity contribution in [3.05, 3.63) is 53.6 Å². The Balaban J connectivity index is 1.61. The largest absolute Gasteiger partial charge is 0.496 e. The average molecular weight is 416 g/mol. The third-order valence-electron chi connectivity index (χ3n) is 5.36. The molecule has 0 saturated carbocycles. The molecule has 0 spiro atoms. The minimum atomic E-state index is -3.79. The molecule has 4 rings (SSSR count). The van der Waals surface area contributed by atoms with Crippen LogP contribution < -0.4 is 14.4 Å². The molecule has 0 radical (unpaired) electrons. The Kier molecular flexibility index (Phi) is 5.47. The molecule has 0 aliphatic carbocycles. The molecule has 1 amide bonds. The number of carbonyl (C=O) groups excluding carboxylic acids is 1. The van der Waals surface area contributed by atoms with E-state index in [2.05, 4.69) is 5.32 Å². The van der Waals surface area contributed by atoms with Gasteiger partial charge in [0.25, 0.3) is 15.9 Å². The summed E-state index contributed by atoms with van der Waals surface area (Å²) in [5.41, 5.74) is 1.88. The van der Waals surface area contributed by atoms with Crippen LogP contribution in [0.1, 0.15) is 28.8 Å². The topological polar surface area (TPSA) is 84.9 Å². The maximum atomic E-state index is 13.3. The summed E-state index contributed by atoms with van der Waals surface area (Å²) in [6.07, 6.45) is 2.55. The molecule has 154 valence electrons. The van der Waals surface area contributed by atoms with Gasteiger partial charge in [0.1, 0.15) is 5.75 Å². The maximum absolute atomic E-state index is 13.3. The van der Waals surface area contributed by atoms with Crippen molar-refractivity contribution in [1.29, 1.82) is 0 Å². The molecular weight excluding hydrogens is 392 g/mol. The molecule has 2 aromatic carbocycles. The molecule has 2 heterocycles. The highest BCUT2D eigenvalue weighted by Crippen LogP contribution is 2.33. The van der Waals surface area contributed by atoms with Gasteiger partial charge in [-0.25, -0.2) is 8.42 Å². The summed E-state index contributed by atoms with van der Waals surface area (Å²) in [5.74, 6) is -0.0492. The smallest absolute Gasteiger partial charge is 0.264 e. The van der Waals surface area contributed by atoms with Gasteiger partial charge in [-0.2, -0.15) is 0 Å². The van der Waals surface area contributed by atoms with E-state index in [9.17, 15) is 13.2 Å². The third kappa shape index (κ3) is 3.82. The molecule has 0 aromatic heterocycles. The van der Waals surface area contributed by atoms with E-state index in [1.807, 2.05) is 18.2 Å². The maximum Gasteiger partial charge on any atom is 0.264 e. The lowest BCUT2D eigenvalue weighted by atomic mass is 10.1. The number of amides is 1. The molecule has 29 heavy (non-hydrogen) atoms. The quantitative estimate of drug-likeness (QED) is 0.781. The Labute approximate surface area is 170 Å². The fourth-order valence-corrected chi connectivity index (χ4v) is 5.35. The molecule has 2 aromatic rings. The number of ether oxygens (including phenoxy) is 2.